The van der Waals surface area contributed by atoms with Crippen LogP contribution in [-0.4, -0.2) is 54.4 Å². The molecule has 1 aromatic rings. The Morgan fingerprint density at radius 1 is 1.32 bits per heavy atom. The molecule has 0 aromatic heterocycles. The Morgan fingerprint density at radius 3 is 2.76 bits per heavy atom. The van der Waals surface area contributed by atoms with Crippen LogP contribution in [0.5, 0.6) is 5.75 Å². The first kappa shape index (κ1) is 18.2. The normalized spacial score (nSPS) is 26.9. The molecular formula is C20H29NO4. The zero-order valence-electron chi connectivity index (χ0n) is 15.2. The molecule has 25 heavy (non-hydrogen) atoms. The van der Waals surface area contributed by atoms with E-state index >= 15 is 0 Å². The molecule has 2 aliphatic rings. The van der Waals surface area contributed by atoms with Crippen LogP contribution in [0.25, 0.3) is 0 Å². The zero-order valence-corrected chi connectivity index (χ0v) is 15.2. The largest absolute Gasteiger partial charge is 0.484 e. The Labute approximate surface area is 149 Å². The molecule has 0 bridgehead atoms. The van der Waals surface area contributed by atoms with Crippen molar-refractivity contribution in [3.8, 4) is 5.75 Å². The molecule has 2 saturated heterocycles. The lowest BCUT2D eigenvalue weighted by Gasteiger charge is -2.36. The van der Waals surface area contributed by atoms with Gasteiger partial charge in [-0.2, -0.15) is 0 Å². The molecule has 0 spiro atoms. The molecule has 5 nitrogen and oxygen atoms in total. The fraction of sp³-hybridized carbons (Fsp3) is 0.650. The number of carbonyl (C=O) groups is 1. The van der Waals surface area contributed by atoms with E-state index in [1.807, 2.05) is 29.2 Å². The summed E-state index contributed by atoms with van der Waals surface area (Å²) in [5, 5.41) is 10.3. The summed E-state index contributed by atoms with van der Waals surface area (Å²) >= 11 is 0. The number of aliphatic hydroxyl groups excluding tert-OH is 1. The lowest BCUT2D eigenvalue weighted by Crippen LogP contribution is -2.49. The van der Waals surface area contributed by atoms with Crippen molar-refractivity contribution in [2.24, 2.45) is 5.92 Å². The number of amides is 1. The van der Waals surface area contributed by atoms with Crippen molar-refractivity contribution in [3.63, 3.8) is 0 Å². The van der Waals surface area contributed by atoms with E-state index in [0.717, 1.165) is 25.1 Å². The van der Waals surface area contributed by atoms with E-state index in [9.17, 15) is 9.90 Å². The van der Waals surface area contributed by atoms with Gasteiger partial charge in [-0.3, -0.25) is 4.79 Å². The summed E-state index contributed by atoms with van der Waals surface area (Å²) in [6.45, 7) is 6.22. The van der Waals surface area contributed by atoms with Gasteiger partial charge in [0.1, 0.15) is 5.75 Å². The van der Waals surface area contributed by atoms with Crippen LogP contribution < -0.4 is 4.74 Å². The lowest BCUT2D eigenvalue weighted by atomic mass is 9.89. The van der Waals surface area contributed by atoms with Gasteiger partial charge in [-0.25, -0.2) is 0 Å². The number of hydrogen-bond acceptors (Lipinski definition) is 4. The molecule has 2 fully saturated rings. The summed E-state index contributed by atoms with van der Waals surface area (Å²) in [7, 11) is 0. The highest BCUT2D eigenvalue weighted by atomic mass is 16.5. The third-order valence-electron chi connectivity index (χ3n) is 5.39. The first-order chi connectivity index (χ1) is 12.1. The number of rotatable bonds is 5. The minimum absolute atomic E-state index is 0.00629. The maximum Gasteiger partial charge on any atom is 0.260 e. The highest BCUT2D eigenvalue weighted by Gasteiger charge is 2.39. The Hall–Kier alpha value is -1.59. The average Bonchev–Trinajstić information content (AvgIpc) is 3.10. The molecule has 1 amide bonds. The monoisotopic (exact) mass is 347 g/mol. The van der Waals surface area contributed by atoms with Gasteiger partial charge in [-0.1, -0.05) is 26.0 Å². The predicted octanol–water partition coefficient (Wildman–Crippen LogP) is 2.58. The predicted molar refractivity (Wildman–Crippen MR) is 95.7 cm³/mol. The zero-order chi connectivity index (χ0) is 17.8. The minimum atomic E-state index is -0.378. The van der Waals surface area contributed by atoms with Crippen LogP contribution in [0.3, 0.4) is 0 Å². The van der Waals surface area contributed by atoms with Crippen molar-refractivity contribution in [1.29, 1.82) is 0 Å². The Kier molecular flexibility index (Phi) is 5.97. The van der Waals surface area contributed by atoms with Gasteiger partial charge in [0.25, 0.3) is 5.91 Å². The van der Waals surface area contributed by atoms with E-state index in [1.54, 1.807) is 0 Å². The Balaban J connectivity index is 1.56. The number of benzene rings is 1. The topological polar surface area (TPSA) is 59.0 Å². The Morgan fingerprint density at radius 2 is 2.08 bits per heavy atom. The molecule has 3 rings (SSSR count). The van der Waals surface area contributed by atoms with E-state index in [1.165, 1.54) is 5.56 Å². The molecule has 1 N–H and O–H groups in total. The second kappa shape index (κ2) is 8.19. The van der Waals surface area contributed by atoms with Gasteiger partial charge in [0.2, 0.25) is 0 Å². The van der Waals surface area contributed by atoms with Gasteiger partial charge in [-0.15, -0.1) is 0 Å². The summed E-state index contributed by atoms with van der Waals surface area (Å²) in [6.07, 6.45) is 2.18. The van der Waals surface area contributed by atoms with Crippen LogP contribution in [-0.2, 0) is 9.53 Å². The van der Waals surface area contributed by atoms with Crippen LogP contribution in [0.1, 0.15) is 44.6 Å². The second-order valence-electron chi connectivity index (χ2n) is 7.40. The van der Waals surface area contributed by atoms with Crippen molar-refractivity contribution in [2.45, 2.75) is 51.2 Å². The molecule has 0 unspecified atom stereocenters. The molecule has 2 aliphatic heterocycles. The number of aliphatic hydroxyl groups is 1. The van der Waals surface area contributed by atoms with Crippen molar-refractivity contribution in [1.82, 2.24) is 4.90 Å². The fourth-order valence-corrected chi connectivity index (χ4v) is 3.84. The number of ether oxygens (including phenoxy) is 2. The third-order valence-corrected chi connectivity index (χ3v) is 5.39. The Bertz CT molecular complexity index is 572. The van der Waals surface area contributed by atoms with Crippen molar-refractivity contribution < 1.29 is 19.4 Å². The maximum atomic E-state index is 12.6. The van der Waals surface area contributed by atoms with Gasteiger partial charge in [0, 0.05) is 25.1 Å². The van der Waals surface area contributed by atoms with Gasteiger partial charge >= 0.3 is 0 Å². The van der Waals surface area contributed by atoms with Gasteiger partial charge in [0.15, 0.2) is 6.61 Å². The lowest BCUT2D eigenvalue weighted by molar-refractivity contribution is -0.138. The summed E-state index contributed by atoms with van der Waals surface area (Å²) in [6, 6.07) is 7.98. The fourth-order valence-electron chi connectivity index (χ4n) is 3.84. The standard InChI is InChI=1S/C20H29NO4/c1-14(2)15-5-7-16(8-6-15)25-13-20(23)21-10-3-4-18(21)17-12-24-11-9-19(17)22/h5-8,14,17-19,22H,3-4,9-13H2,1-2H3/t17-,18-,19+/m1/s1. The van der Waals surface area contributed by atoms with Gasteiger partial charge in [-0.05, 0) is 42.9 Å². The highest BCUT2D eigenvalue weighted by molar-refractivity contribution is 5.78. The van der Waals surface area contributed by atoms with Crippen molar-refractivity contribution >= 4 is 5.91 Å². The van der Waals surface area contributed by atoms with Crippen LogP contribution in [0.4, 0.5) is 0 Å². The van der Waals surface area contributed by atoms with Crippen LogP contribution in [0, 0.1) is 5.92 Å². The SMILES string of the molecule is CC(C)c1ccc(OCC(=O)N2CCC[C@@H]2[C@H]2COCC[C@@H]2O)cc1. The summed E-state index contributed by atoms with van der Waals surface area (Å²) in [5.74, 6) is 1.21. The smallest absolute Gasteiger partial charge is 0.260 e. The van der Waals surface area contributed by atoms with Crippen molar-refractivity contribution in [3.05, 3.63) is 29.8 Å². The number of hydrogen-bond donors (Lipinski definition) is 1. The molecule has 3 atom stereocenters. The quantitative estimate of drug-likeness (QED) is 0.889. The van der Waals surface area contributed by atoms with Crippen LogP contribution >= 0.6 is 0 Å². The van der Waals surface area contributed by atoms with Gasteiger partial charge in [0.05, 0.1) is 12.7 Å². The van der Waals surface area contributed by atoms with E-state index in [-0.39, 0.29) is 30.6 Å². The van der Waals surface area contributed by atoms with E-state index in [2.05, 4.69) is 13.8 Å². The second-order valence-corrected chi connectivity index (χ2v) is 7.40. The number of likely N-dealkylation sites (tertiary alicyclic amines) is 1. The molecular weight excluding hydrogens is 318 g/mol. The summed E-state index contributed by atoms with van der Waals surface area (Å²) in [5.41, 5.74) is 1.25. The minimum Gasteiger partial charge on any atom is -0.484 e. The first-order valence-electron chi connectivity index (χ1n) is 9.34. The van der Waals surface area contributed by atoms with E-state index in [0.29, 0.717) is 25.6 Å². The van der Waals surface area contributed by atoms with Gasteiger partial charge < -0.3 is 19.5 Å². The molecule has 0 aliphatic carbocycles. The molecule has 0 radical (unpaired) electrons. The molecule has 5 heteroatoms. The summed E-state index contributed by atoms with van der Waals surface area (Å²) < 4.78 is 11.2. The summed E-state index contributed by atoms with van der Waals surface area (Å²) in [4.78, 5) is 14.5. The number of carbonyl (C=O) groups excluding carboxylic acids is 1. The average molecular weight is 347 g/mol. The molecule has 2 heterocycles. The molecule has 1 aromatic carbocycles. The van der Waals surface area contributed by atoms with E-state index < -0.39 is 0 Å². The molecule has 0 saturated carbocycles. The van der Waals surface area contributed by atoms with Crippen LogP contribution in [0.15, 0.2) is 24.3 Å². The number of nitrogens with zero attached hydrogens (tertiary/aromatic N) is 1. The first-order valence-corrected chi connectivity index (χ1v) is 9.34. The van der Waals surface area contributed by atoms with Crippen LogP contribution in [0.2, 0.25) is 0 Å². The third kappa shape index (κ3) is 4.33. The van der Waals surface area contributed by atoms with E-state index in [4.69, 9.17) is 9.47 Å². The van der Waals surface area contributed by atoms with Crippen molar-refractivity contribution in [2.75, 3.05) is 26.4 Å². The molecule has 138 valence electrons. The maximum absolute atomic E-state index is 12.6. The highest BCUT2D eigenvalue weighted by Crippen LogP contribution is 2.30.